The molecule has 0 spiro atoms. The summed E-state index contributed by atoms with van der Waals surface area (Å²) in [6.07, 6.45) is 2.62. The highest BCUT2D eigenvalue weighted by molar-refractivity contribution is 5.33. The van der Waals surface area contributed by atoms with Gasteiger partial charge < -0.3 is 23.4 Å². The summed E-state index contributed by atoms with van der Waals surface area (Å²) >= 11 is 0. The first kappa shape index (κ1) is 19.2. The van der Waals surface area contributed by atoms with E-state index in [9.17, 15) is 5.11 Å². The molecular formula is C21H25NO5. The summed E-state index contributed by atoms with van der Waals surface area (Å²) in [6.45, 7) is 2.22. The summed E-state index contributed by atoms with van der Waals surface area (Å²) in [5, 5.41) is 10.4. The van der Waals surface area contributed by atoms with Crippen molar-refractivity contribution in [2.75, 3.05) is 20.3 Å². The maximum Gasteiger partial charge on any atom is 0.129 e. The largest absolute Gasteiger partial charge is 0.496 e. The van der Waals surface area contributed by atoms with Crippen LogP contribution in [0.25, 0.3) is 0 Å². The molecule has 0 amide bonds. The van der Waals surface area contributed by atoms with Crippen LogP contribution in [0.2, 0.25) is 0 Å². The molecule has 0 radical (unpaired) electrons. The molecule has 0 saturated heterocycles. The average molecular weight is 371 g/mol. The zero-order valence-electron chi connectivity index (χ0n) is 15.4. The maximum atomic E-state index is 10.4. The van der Waals surface area contributed by atoms with Gasteiger partial charge in [-0.2, -0.15) is 0 Å². The van der Waals surface area contributed by atoms with Crippen LogP contribution in [0.1, 0.15) is 17.1 Å². The van der Waals surface area contributed by atoms with Crippen molar-refractivity contribution in [3.8, 4) is 5.75 Å². The van der Waals surface area contributed by atoms with E-state index < -0.39 is 6.10 Å². The van der Waals surface area contributed by atoms with E-state index >= 15 is 0 Å². The molecule has 0 saturated carbocycles. The fourth-order valence-electron chi connectivity index (χ4n) is 2.92. The molecule has 1 unspecified atom stereocenters. The fraction of sp³-hybridized carbons (Fsp3) is 0.333. The smallest absolute Gasteiger partial charge is 0.129 e. The van der Waals surface area contributed by atoms with Crippen LogP contribution in [0.4, 0.5) is 0 Å². The predicted octanol–water partition coefficient (Wildman–Crippen LogP) is 3.46. The maximum absolute atomic E-state index is 10.4. The molecule has 2 aromatic heterocycles. The van der Waals surface area contributed by atoms with Gasteiger partial charge in [0.2, 0.25) is 0 Å². The fourth-order valence-corrected chi connectivity index (χ4v) is 2.92. The third-order valence-corrected chi connectivity index (χ3v) is 4.15. The lowest BCUT2D eigenvalue weighted by atomic mass is 10.1. The Hall–Kier alpha value is -2.54. The molecule has 2 heterocycles. The first-order valence-electron chi connectivity index (χ1n) is 8.89. The van der Waals surface area contributed by atoms with Gasteiger partial charge in [-0.25, -0.2) is 0 Å². The van der Waals surface area contributed by atoms with Gasteiger partial charge in [0.1, 0.15) is 23.9 Å². The van der Waals surface area contributed by atoms with Crippen molar-refractivity contribution in [3.63, 3.8) is 0 Å². The highest BCUT2D eigenvalue weighted by atomic mass is 16.5. The zero-order chi connectivity index (χ0) is 18.9. The summed E-state index contributed by atoms with van der Waals surface area (Å²) in [7, 11) is 1.66. The highest BCUT2D eigenvalue weighted by Gasteiger charge is 2.16. The zero-order valence-corrected chi connectivity index (χ0v) is 15.4. The second-order valence-electron chi connectivity index (χ2n) is 6.31. The number of methoxy groups -OCH3 is 1. The number of hydrogen-bond acceptors (Lipinski definition) is 6. The van der Waals surface area contributed by atoms with Crippen molar-refractivity contribution in [2.24, 2.45) is 0 Å². The SMILES string of the molecule is COc1ccccc1CN(Cc1ccco1)CC(O)COCc1ccco1. The Bertz CT molecular complexity index is 770. The normalized spacial score (nSPS) is 12.4. The molecule has 27 heavy (non-hydrogen) atoms. The molecule has 0 fully saturated rings. The van der Waals surface area contributed by atoms with E-state index in [-0.39, 0.29) is 6.61 Å². The highest BCUT2D eigenvalue weighted by Crippen LogP contribution is 2.20. The minimum Gasteiger partial charge on any atom is -0.496 e. The molecule has 3 rings (SSSR count). The van der Waals surface area contributed by atoms with Crippen molar-refractivity contribution in [3.05, 3.63) is 78.1 Å². The molecule has 0 bridgehead atoms. The van der Waals surface area contributed by atoms with Crippen molar-refractivity contribution < 1.29 is 23.4 Å². The van der Waals surface area contributed by atoms with Crippen LogP contribution in [-0.2, 0) is 24.4 Å². The van der Waals surface area contributed by atoms with E-state index in [0.29, 0.717) is 26.2 Å². The predicted molar refractivity (Wildman–Crippen MR) is 100 cm³/mol. The molecule has 1 aromatic carbocycles. The summed E-state index contributed by atoms with van der Waals surface area (Å²) in [4.78, 5) is 2.11. The van der Waals surface area contributed by atoms with Crippen LogP contribution in [0, 0.1) is 0 Å². The molecule has 144 valence electrons. The van der Waals surface area contributed by atoms with Gasteiger partial charge in [0, 0.05) is 18.7 Å². The van der Waals surface area contributed by atoms with Crippen molar-refractivity contribution in [1.82, 2.24) is 4.90 Å². The van der Waals surface area contributed by atoms with E-state index in [1.165, 1.54) is 0 Å². The Balaban J connectivity index is 1.58. The van der Waals surface area contributed by atoms with Crippen LogP contribution in [0.15, 0.2) is 69.9 Å². The Morgan fingerprint density at radius 1 is 0.963 bits per heavy atom. The summed E-state index contributed by atoms with van der Waals surface area (Å²) in [5.74, 6) is 2.41. The van der Waals surface area contributed by atoms with Gasteiger partial charge in [-0.3, -0.25) is 4.90 Å². The summed E-state index contributed by atoms with van der Waals surface area (Å²) < 4.78 is 21.7. The van der Waals surface area contributed by atoms with Crippen LogP contribution < -0.4 is 4.74 Å². The third-order valence-electron chi connectivity index (χ3n) is 4.15. The van der Waals surface area contributed by atoms with Crippen LogP contribution in [-0.4, -0.2) is 36.4 Å². The Kier molecular flexibility index (Phi) is 7.10. The number of ether oxygens (including phenoxy) is 2. The number of furan rings is 2. The summed E-state index contributed by atoms with van der Waals surface area (Å²) in [5.41, 5.74) is 1.05. The lowest BCUT2D eigenvalue weighted by Crippen LogP contribution is -2.34. The van der Waals surface area contributed by atoms with Gasteiger partial charge in [0.15, 0.2) is 0 Å². The standard InChI is InChI=1S/C21H25NO5/c1-24-21-9-3-2-6-17(21)12-22(14-19-7-4-10-26-19)13-18(23)15-25-16-20-8-5-11-27-20/h2-11,18,23H,12-16H2,1H3. The number of para-hydroxylation sites is 1. The van der Waals surface area contributed by atoms with E-state index in [1.807, 2.05) is 48.5 Å². The minimum absolute atomic E-state index is 0.223. The Morgan fingerprint density at radius 3 is 2.41 bits per heavy atom. The second kappa shape index (κ2) is 9.97. The Labute approximate surface area is 158 Å². The van der Waals surface area contributed by atoms with E-state index in [0.717, 1.165) is 22.8 Å². The molecule has 0 aliphatic carbocycles. The van der Waals surface area contributed by atoms with Gasteiger partial charge in [0.25, 0.3) is 0 Å². The molecule has 6 heteroatoms. The number of nitrogens with zero attached hydrogens (tertiary/aromatic N) is 1. The van der Waals surface area contributed by atoms with Crippen LogP contribution in [0.5, 0.6) is 5.75 Å². The molecule has 1 atom stereocenters. The number of benzene rings is 1. The summed E-state index contributed by atoms with van der Waals surface area (Å²) in [6, 6.07) is 15.3. The number of rotatable bonds is 11. The van der Waals surface area contributed by atoms with E-state index in [2.05, 4.69) is 4.90 Å². The van der Waals surface area contributed by atoms with Crippen LogP contribution >= 0.6 is 0 Å². The van der Waals surface area contributed by atoms with Gasteiger partial charge >= 0.3 is 0 Å². The number of aliphatic hydroxyl groups excluding tert-OH is 1. The van der Waals surface area contributed by atoms with Gasteiger partial charge in [-0.1, -0.05) is 18.2 Å². The van der Waals surface area contributed by atoms with Gasteiger partial charge in [-0.15, -0.1) is 0 Å². The lowest BCUT2D eigenvalue weighted by Gasteiger charge is -2.25. The van der Waals surface area contributed by atoms with E-state index in [1.54, 1.807) is 19.6 Å². The molecule has 0 aliphatic heterocycles. The molecule has 0 aliphatic rings. The first-order chi connectivity index (χ1) is 13.2. The first-order valence-corrected chi connectivity index (χ1v) is 8.89. The van der Waals surface area contributed by atoms with E-state index in [4.69, 9.17) is 18.3 Å². The molecular weight excluding hydrogens is 346 g/mol. The molecule has 6 nitrogen and oxygen atoms in total. The van der Waals surface area contributed by atoms with Crippen LogP contribution in [0.3, 0.4) is 0 Å². The second-order valence-corrected chi connectivity index (χ2v) is 6.31. The monoisotopic (exact) mass is 371 g/mol. The van der Waals surface area contributed by atoms with Crippen molar-refractivity contribution >= 4 is 0 Å². The van der Waals surface area contributed by atoms with Gasteiger partial charge in [0.05, 0.1) is 38.9 Å². The number of aliphatic hydroxyl groups is 1. The third kappa shape index (κ3) is 5.99. The molecule has 3 aromatic rings. The van der Waals surface area contributed by atoms with Crippen molar-refractivity contribution in [2.45, 2.75) is 25.8 Å². The number of hydrogen-bond donors (Lipinski definition) is 1. The average Bonchev–Trinajstić information content (AvgIpc) is 3.36. The minimum atomic E-state index is -0.635. The quantitative estimate of drug-likeness (QED) is 0.557. The molecule has 1 N–H and O–H groups in total. The van der Waals surface area contributed by atoms with Gasteiger partial charge in [-0.05, 0) is 30.3 Å². The topological polar surface area (TPSA) is 68.2 Å². The lowest BCUT2D eigenvalue weighted by molar-refractivity contribution is 0.00153. The van der Waals surface area contributed by atoms with Crippen molar-refractivity contribution in [1.29, 1.82) is 0 Å². The Morgan fingerprint density at radius 2 is 1.70 bits per heavy atom.